The van der Waals surface area contributed by atoms with Gasteiger partial charge >= 0.3 is 0 Å². The zero-order valence-corrected chi connectivity index (χ0v) is 13.9. The Morgan fingerprint density at radius 1 is 1.32 bits per heavy atom. The molecule has 0 aromatic heterocycles. The Bertz CT molecular complexity index is 398. The molecule has 1 N–H and O–H groups in total. The predicted octanol–water partition coefficient (Wildman–Crippen LogP) is 4.19. The first-order valence-electron chi connectivity index (χ1n) is 6.89. The zero-order chi connectivity index (χ0) is 14.5. The normalized spacial score (nSPS) is 13.4. The van der Waals surface area contributed by atoms with Gasteiger partial charge in [-0.2, -0.15) is 11.8 Å². The highest BCUT2D eigenvalue weighted by atomic mass is 32.2. The van der Waals surface area contributed by atoms with E-state index in [2.05, 4.69) is 58.1 Å². The van der Waals surface area contributed by atoms with Crippen LogP contribution in [-0.4, -0.2) is 24.2 Å². The Labute approximate surface area is 122 Å². The van der Waals surface area contributed by atoms with Gasteiger partial charge in [-0.05, 0) is 36.7 Å². The second-order valence-corrected chi connectivity index (χ2v) is 7.60. The van der Waals surface area contributed by atoms with Crippen LogP contribution in [0.3, 0.4) is 0 Å². The number of benzene rings is 1. The quantitative estimate of drug-likeness (QED) is 0.845. The lowest BCUT2D eigenvalue weighted by Gasteiger charge is -2.25. The minimum absolute atomic E-state index is 0.300. The lowest BCUT2D eigenvalue weighted by atomic mass is 10.0. The average Bonchev–Trinajstić information content (AvgIpc) is 2.33. The number of nitrogens with one attached hydrogen (secondary N) is 1. The fraction of sp³-hybridized carbons (Fsp3) is 0.625. The third-order valence-corrected chi connectivity index (χ3v) is 4.35. The third-order valence-electron chi connectivity index (χ3n) is 2.99. The predicted molar refractivity (Wildman–Crippen MR) is 86.4 cm³/mol. The number of methoxy groups -OCH3 is 1. The topological polar surface area (TPSA) is 21.3 Å². The number of thioether (sulfide) groups is 1. The number of hydrogen-bond acceptors (Lipinski definition) is 3. The van der Waals surface area contributed by atoms with Gasteiger partial charge in [0.05, 0.1) is 7.11 Å². The van der Waals surface area contributed by atoms with Crippen molar-refractivity contribution in [3.8, 4) is 5.75 Å². The molecule has 0 saturated heterocycles. The highest BCUT2D eigenvalue weighted by Gasteiger charge is 2.18. The fourth-order valence-corrected chi connectivity index (χ4v) is 2.97. The molecule has 0 aliphatic rings. The van der Waals surface area contributed by atoms with E-state index in [0.29, 0.717) is 10.8 Å². The summed E-state index contributed by atoms with van der Waals surface area (Å²) in [5.41, 5.74) is 2.67. The average molecular weight is 281 g/mol. The van der Waals surface area contributed by atoms with Gasteiger partial charge in [-0.25, -0.2) is 0 Å². The van der Waals surface area contributed by atoms with E-state index in [-0.39, 0.29) is 0 Å². The molecule has 2 nitrogen and oxygen atoms in total. The second-order valence-electron chi connectivity index (χ2n) is 5.76. The van der Waals surface area contributed by atoms with E-state index < -0.39 is 0 Å². The molecule has 0 aliphatic carbocycles. The van der Waals surface area contributed by atoms with E-state index in [9.17, 15) is 0 Å². The molecule has 1 rings (SSSR count). The van der Waals surface area contributed by atoms with Crippen LogP contribution in [0.25, 0.3) is 0 Å². The summed E-state index contributed by atoms with van der Waals surface area (Å²) in [6, 6.07) is 6.75. The number of rotatable bonds is 6. The van der Waals surface area contributed by atoms with Crippen molar-refractivity contribution in [2.45, 2.75) is 45.4 Å². The van der Waals surface area contributed by atoms with Gasteiger partial charge in [0.25, 0.3) is 0 Å². The standard InChI is InChI=1S/C16H27NOS/c1-7-17-15(11-19-16(3,4)5)14-9-8-13(18-6)10-12(14)2/h8-10,15,17H,7,11H2,1-6H3. The summed E-state index contributed by atoms with van der Waals surface area (Å²) in [4.78, 5) is 0. The van der Waals surface area contributed by atoms with E-state index in [1.165, 1.54) is 11.1 Å². The molecule has 0 aliphatic heterocycles. The van der Waals surface area contributed by atoms with Crippen molar-refractivity contribution in [2.75, 3.05) is 19.4 Å². The molecule has 1 atom stereocenters. The molecule has 1 aromatic rings. The Balaban J connectivity index is 2.86. The summed E-state index contributed by atoms with van der Waals surface area (Å²) >= 11 is 2.00. The van der Waals surface area contributed by atoms with Gasteiger partial charge in [0.1, 0.15) is 5.75 Å². The van der Waals surface area contributed by atoms with Crippen LogP contribution in [0.5, 0.6) is 5.75 Å². The van der Waals surface area contributed by atoms with Crippen molar-refractivity contribution in [2.24, 2.45) is 0 Å². The Morgan fingerprint density at radius 2 is 2.00 bits per heavy atom. The van der Waals surface area contributed by atoms with Crippen molar-refractivity contribution < 1.29 is 4.74 Å². The van der Waals surface area contributed by atoms with Gasteiger partial charge in [-0.1, -0.05) is 33.8 Å². The largest absolute Gasteiger partial charge is 0.497 e. The van der Waals surface area contributed by atoms with Crippen LogP contribution < -0.4 is 10.1 Å². The van der Waals surface area contributed by atoms with Crippen molar-refractivity contribution >= 4 is 11.8 Å². The van der Waals surface area contributed by atoms with Gasteiger partial charge in [-0.15, -0.1) is 0 Å². The van der Waals surface area contributed by atoms with Gasteiger partial charge < -0.3 is 10.1 Å². The Kier molecular flexibility index (Phi) is 6.21. The Hall–Kier alpha value is -0.670. The van der Waals surface area contributed by atoms with E-state index >= 15 is 0 Å². The van der Waals surface area contributed by atoms with Crippen LogP contribution in [0.4, 0.5) is 0 Å². The molecule has 0 radical (unpaired) electrons. The molecule has 1 aromatic carbocycles. The van der Waals surface area contributed by atoms with Crippen LogP contribution in [0, 0.1) is 6.92 Å². The van der Waals surface area contributed by atoms with Crippen molar-refractivity contribution in [3.63, 3.8) is 0 Å². The van der Waals surface area contributed by atoms with Crippen LogP contribution in [-0.2, 0) is 0 Å². The van der Waals surface area contributed by atoms with Crippen molar-refractivity contribution in [3.05, 3.63) is 29.3 Å². The smallest absolute Gasteiger partial charge is 0.119 e. The van der Waals surface area contributed by atoms with Crippen molar-refractivity contribution in [1.29, 1.82) is 0 Å². The first kappa shape index (κ1) is 16.4. The number of hydrogen-bond donors (Lipinski definition) is 1. The lowest BCUT2D eigenvalue weighted by Crippen LogP contribution is -2.25. The zero-order valence-electron chi connectivity index (χ0n) is 13.0. The summed E-state index contributed by atoms with van der Waals surface area (Å²) in [5.74, 6) is 2.02. The molecule has 0 bridgehead atoms. The third kappa shape index (κ3) is 5.45. The first-order valence-corrected chi connectivity index (χ1v) is 7.88. The van der Waals surface area contributed by atoms with Crippen LogP contribution in [0.15, 0.2) is 18.2 Å². The number of ether oxygens (including phenoxy) is 1. The molecule has 0 saturated carbocycles. The monoisotopic (exact) mass is 281 g/mol. The maximum Gasteiger partial charge on any atom is 0.119 e. The maximum absolute atomic E-state index is 5.28. The Morgan fingerprint density at radius 3 is 2.47 bits per heavy atom. The van der Waals surface area contributed by atoms with E-state index in [1.807, 2.05) is 11.8 Å². The molecule has 3 heteroatoms. The summed E-state index contributed by atoms with van der Waals surface area (Å²) in [6.45, 7) is 12.1. The first-order chi connectivity index (χ1) is 8.87. The van der Waals surface area contributed by atoms with Crippen LogP contribution in [0.1, 0.15) is 44.9 Å². The molecular weight excluding hydrogens is 254 g/mol. The van der Waals surface area contributed by atoms with Crippen LogP contribution in [0.2, 0.25) is 0 Å². The maximum atomic E-state index is 5.28. The van der Waals surface area contributed by atoms with E-state index in [0.717, 1.165) is 18.0 Å². The molecule has 0 amide bonds. The van der Waals surface area contributed by atoms with Gasteiger partial charge in [-0.3, -0.25) is 0 Å². The van der Waals surface area contributed by atoms with Crippen LogP contribution >= 0.6 is 11.8 Å². The number of aryl methyl sites for hydroxylation is 1. The van der Waals surface area contributed by atoms with E-state index in [4.69, 9.17) is 4.74 Å². The highest BCUT2D eigenvalue weighted by Crippen LogP contribution is 2.30. The molecule has 19 heavy (non-hydrogen) atoms. The fourth-order valence-electron chi connectivity index (χ4n) is 2.00. The SMILES string of the molecule is CCNC(CSC(C)(C)C)c1ccc(OC)cc1C. The van der Waals surface area contributed by atoms with E-state index in [1.54, 1.807) is 7.11 Å². The van der Waals surface area contributed by atoms with Crippen molar-refractivity contribution in [1.82, 2.24) is 5.32 Å². The molecule has 0 spiro atoms. The molecule has 108 valence electrons. The lowest BCUT2D eigenvalue weighted by molar-refractivity contribution is 0.414. The minimum atomic E-state index is 0.300. The molecule has 1 unspecified atom stereocenters. The summed E-state index contributed by atoms with van der Waals surface area (Å²) in [7, 11) is 1.71. The second kappa shape index (κ2) is 7.20. The van der Waals surface area contributed by atoms with Gasteiger partial charge in [0.2, 0.25) is 0 Å². The summed E-state index contributed by atoms with van der Waals surface area (Å²) in [6.07, 6.45) is 0. The highest BCUT2D eigenvalue weighted by molar-refractivity contribution is 8.00. The molecule has 0 fully saturated rings. The summed E-state index contributed by atoms with van der Waals surface area (Å²) < 4.78 is 5.58. The van der Waals surface area contributed by atoms with Gasteiger partial charge in [0, 0.05) is 16.5 Å². The molecule has 0 heterocycles. The minimum Gasteiger partial charge on any atom is -0.497 e. The summed E-state index contributed by atoms with van der Waals surface area (Å²) in [5, 5.41) is 3.59. The van der Waals surface area contributed by atoms with Gasteiger partial charge in [0.15, 0.2) is 0 Å². The molecular formula is C16H27NOS.